The lowest BCUT2D eigenvalue weighted by molar-refractivity contribution is -0.141. The van der Waals surface area contributed by atoms with Crippen molar-refractivity contribution < 1.29 is 27.8 Å². The number of methoxy groups -OCH3 is 1. The minimum absolute atomic E-state index is 0.0107. The standard InChI is InChI=1S/C10H8F3NO3/c1-17-9(16)4-7(15)6-2-3-8(14-5-6)10(11,12)13/h2-5,15H,1H3. The predicted octanol–water partition coefficient (Wildman–Crippen LogP) is 2.17. The number of rotatable bonds is 2. The van der Waals surface area contributed by atoms with E-state index in [-0.39, 0.29) is 5.56 Å². The summed E-state index contributed by atoms with van der Waals surface area (Å²) >= 11 is 0. The minimum atomic E-state index is -4.54. The van der Waals surface area contributed by atoms with Crippen LogP contribution < -0.4 is 0 Å². The molecular weight excluding hydrogens is 239 g/mol. The average Bonchev–Trinajstić information content (AvgIpc) is 2.27. The Labute approximate surface area is 94.4 Å². The number of aliphatic hydroxyl groups excluding tert-OH is 1. The highest BCUT2D eigenvalue weighted by atomic mass is 19.4. The molecule has 1 N–H and O–H groups in total. The van der Waals surface area contributed by atoms with Gasteiger partial charge in [-0.15, -0.1) is 0 Å². The average molecular weight is 247 g/mol. The molecule has 17 heavy (non-hydrogen) atoms. The largest absolute Gasteiger partial charge is 0.507 e. The van der Waals surface area contributed by atoms with Gasteiger partial charge in [0.25, 0.3) is 0 Å². The summed E-state index contributed by atoms with van der Waals surface area (Å²) in [7, 11) is 1.11. The first-order chi connectivity index (χ1) is 7.84. The van der Waals surface area contributed by atoms with E-state index in [0.29, 0.717) is 6.07 Å². The topological polar surface area (TPSA) is 59.4 Å². The Kier molecular flexibility index (Phi) is 3.72. The first-order valence-electron chi connectivity index (χ1n) is 4.37. The first kappa shape index (κ1) is 13.0. The third kappa shape index (κ3) is 3.47. The van der Waals surface area contributed by atoms with Crippen molar-refractivity contribution in [2.45, 2.75) is 6.18 Å². The maximum Gasteiger partial charge on any atom is 0.433 e. The minimum Gasteiger partial charge on any atom is -0.507 e. The fourth-order valence-corrected chi connectivity index (χ4v) is 0.967. The lowest BCUT2D eigenvalue weighted by atomic mass is 10.2. The number of hydrogen-bond acceptors (Lipinski definition) is 4. The lowest BCUT2D eigenvalue weighted by Gasteiger charge is -2.06. The van der Waals surface area contributed by atoms with Crippen molar-refractivity contribution >= 4 is 11.7 Å². The molecule has 0 saturated heterocycles. The van der Waals surface area contributed by atoms with Gasteiger partial charge in [0, 0.05) is 11.8 Å². The Morgan fingerprint density at radius 2 is 2.12 bits per heavy atom. The highest BCUT2D eigenvalue weighted by Gasteiger charge is 2.32. The van der Waals surface area contributed by atoms with E-state index < -0.39 is 23.6 Å². The fraction of sp³-hybridized carbons (Fsp3) is 0.200. The summed E-state index contributed by atoms with van der Waals surface area (Å²) in [5.74, 6) is -1.33. The number of aromatic nitrogens is 1. The Balaban J connectivity index is 2.96. The zero-order valence-corrected chi connectivity index (χ0v) is 8.65. The van der Waals surface area contributed by atoms with E-state index in [9.17, 15) is 23.1 Å². The molecule has 0 saturated carbocycles. The summed E-state index contributed by atoms with van der Waals surface area (Å²) in [5, 5.41) is 9.35. The Morgan fingerprint density at radius 1 is 1.47 bits per heavy atom. The number of ether oxygens (including phenoxy) is 1. The van der Waals surface area contributed by atoms with E-state index in [0.717, 1.165) is 25.4 Å². The SMILES string of the molecule is COC(=O)C=C(O)c1ccc(C(F)(F)F)nc1. The number of carbonyl (C=O) groups is 1. The van der Waals surface area contributed by atoms with Gasteiger partial charge < -0.3 is 9.84 Å². The molecule has 92 valence electrons. The number of pyridine rings is 1. The van der Waals surface area contributed by atoms with Gasteiger partial charge in [-0.2, -0.15) is 13.2 Å². The van der Waals surface area contributed by atoms with Gasteiger partial charge in [0.15, 0.2) is 0 Å². The van der Waals surface area contributed by atoms with Crippen LogP contribution in [-0.4, -0.2) is 23.2 Å². The Morgan fingerprint density at radius 3 is 2.53 bits per heavy atom. The fourth-order valence-electron chi connectivity index (χ4n) is 0.967. The third-order valence-electron chi connectivity index (χ3n) is 1.81. The molecule has 0 amide bonds. The molecule has 0 aliphatic heterocycles. The summed E-state index contributed by atoms with van der Waals surface area (Å²) in [6, 6.07) is 1.71. The number of nitrogens with zero attached hydrogens (tertiary/aromatic N) is 1. The van der Waals surface area contributed by atoms with Gasteiger partial charge >= 0.3 is 12.1 Å². The second kappa shape index (κ2) is 4.86. The van der Waals surface area contributed by atoms with Gasteiger partial charge in [-0.3, -0.25) is 4.98 Å². The van der Waals surface area contributed by atoms with Crippen molar-refractivity contribution in [2.24, 2.45) is 0 Å². The maximum absolute atomic E-state index is 12.2. The van der Waals surface area contributed by atoms with Gasteiger partial charge in [-0.1, -0.05) is 0 Å². The van der Waals surface area contributed by atoms with Crippen molar-refractivity contribution in [2.75, 3.05) is 7.11 Å². The molecule has 0 aliphatic carbocycles. The van der Waals surface area contributed by atoms with Crippen molar-refractivity contribution in [1.29, 1.82) is 0 Å². The molecule has 0 fully saturated rings. The van der Waals surface area contributed by atoms with E-state index in [1.807, 2.05) is 0 Å². The van der Waals surface area contributed by atoms with Crippen LogP contribution >= 0.6 is 0 Å². The lowest BCUT2D eigenvalue weighted by Crippen LogP contribution is -2.07. The normalized spacial score (nSPS) is 12.4. The third-order valence-corrected chi connectivity index (χ3v) is 1.81. The summed E-state index contributed by atoms with van der Waals surface area (Å²) < 4.78 is 40.8. The quantitative estimate of drug-likeness (QED) is 0.494. The number of aliphatic hydroxyl groups is 1. The van der Waals surface area contributed by atoms with Crippen LogP contribution in [0.3, 0.4) is 0 Å². The molecule has 1 aromatic heterocycles. The zero-order valence-electron chi connectivity index (χ0n) is 8.65. The van der Waals surface area contributed by atoms with Crippen LogP contribution in [0.15, 0.2) is 24.4 Å². The molecule has 0 bridgehead atoms. The highest BCUT2D eigenvalue weighted by Crippen LogP contribution is 2.27. The smallest absolute Gasteiger partial charge is 0.433 e. The maximum atomic E-state index is 12.2. The second-order valence-electron chi connectivity index (χ2n) is 2.98. The monoisotopic (exact) mass is 247 g/mol. The Bertz CT molecular complexity index is 437. The van der Waals surface area contributed by atoms with Crippen LogP contribution in [0.1, 0.15) is 11.3 Å². The number of hydrogen-bond donors (Lipinski definition) is 1. The van der Waals surface area contributed by atoms with Crippen LogP contribution in [0.4, 0.5) is 13.2 Å². The Hall–Kier alpha value is -2.05. The van der Waals surface area contributed by atoms with Gasteiger partial charge in [0.2, 0.25) is 0 Å². The number of carbonyl (C=O) groups excluding carboxylic acids is 1. The van der Waals surface area contributed by atoms with E-state index >= 15 is 0 Å². The van der Waals surface area contributed by atoms with Gasteiger partial charge in [0.1, 0.15) is 11.5 Å². The summed E-state index contributed by atoms with van der Waals surface area (Å²) in [6.07, 6.45) is -2.98. The molecule has 0 radical (unpaired) electrons. The van der Waals surface area contributed by atoms with Gasteiger partial charge in [-0.25, -0.2) is 4.79 Å². The van der Waals surface area contributed by atoms with Crippen molar-refractivity contribution in [1.82, 2.24) is 4.98 Å². The number of halogens is 3. The molecule has 1 heterocycles. The van der Waals surface area contributed by atoms with Crippen LogP contribution in [0.2, 0.25) is 0 Å². The van der Waals surface area contributed by atoms with E-state index in [1.54, 1.807) is 0 Å². The van der Waals surface area contributed by atoms with Crippen LogP contribution in [0.25, 0.3) is 5.76 Å². The van der Waals surface area contributed by atoms with Crippen molar-refractivity contribution in [3.63, 3.8) is 0 Å². The van der Waals surface area contributed by atoms with E-state index in [4.69, 9.17) is 0 Å². The van der Waals surface area contributed by atoms with E-state index in [1.165, 1.54) is 0 Å². The zero-order chi connectivity index (χ0) is 13.1. The number of alkyl halides is 3. The number of esters is 1. The second-order valence-corrected chi connectivity index (χ2v) is 2.98. The molecule has 0 aliphatic rings. The molecule has 4 nitrogen and oxygen atoms in total. The van der Waals surface area contributed by atoms with Crippen molar-refractivity contribution in [3.8, 4) is 0 Å². The summed E-state index contributed by atoms with van der Waals surface area (Å²) in [4.78, 5) is 13.9. The summed E-state index contributed by atoms with van der Waals surface area (Å²) in [6.45, 7) is 0. The molecule has 1 rings (SSSR count). The van der Waals surface area contributed by atoms with Crippen LogP contribution in [0, 0.1) is 0 Å². The predicted molar refractivity (Wildman–Crippen MR) is 51.9 cm³/mol. The van der Waals surface area contributed by atoms with Crippen LogP contribution in [0.5, 0.6) is 0 Å². The van der Waals surface area contributed by atoms with Crippen molar-refractivity contribution in [3.05, 3.63) is 35.7 Å². The molecule has 0 spiro atoms. The highest BCUT2D eigenvalue weighted by molar-refractivity contribution is 5.89. The van der Waals surface area contributed by atoms with Crippen LogP contribution in [-0.2, 0) is 15.7 Å². The molecule has 0 unspecified atom stereocenters. The molecule has 7 heteroatoms. The van der Waals surface area contributed by atoms with Gasteiger partial charge in [0.05, 0.1) is 13.2 Å². The molecule has 0 atom stereocenters. The van der Waals surface area contributed by atoms with Gasteiger partial charge in [-0.05, 0) is 12.1 Å². The summed E-state index contributed by atoms with van der Waals surface area (Å²) in [5.41, 5.74) is -1.09. The first-order valence-corrected chi connectivity index (χ1v) is 4.37. The van der Waals surface area contributed by atoms with E-state index in [2.05, 4.69) is 9.72 Å². The molecule has 0 aromatic carbocycles. The molecule has 1 aromatic rings. The molecular formula is C10H8F3NO3.